The second-order valence-electron chi connectivity index (χ2n) is 11.3. The molecule has 1 fully saturated rings. The monoisotopic (exact) mass is 608 g/mol. The molecule has 0 radical (unpaired) electrons. The van der Waals surface area contributed by atoms with Crippen molar-refractivity contribution in [2.24, 2.45) is 10.9 Å². The average Bonchev–Trinajstić information content (AvgIpc) is 3.42. The Labute approximate surface area is 255 Å². The maximum atomic E-state index is 15.7. The molecule has 3 heterocycles. The minimum absolute atomic E-state index is 0.0404. The molecule has 0 aliphatic carbocycles. The number of halogens is 3. The number of fused-ring (bicyclic) bond motifs is 1. The summed E-state index contributed by atoms with van der Waals surface area (Å²) in [5.41, 5.74) is 1.58. The number of benzene rings is 2. The summed E-state index contributed by atoms with van der Waals surface area (Å²) in [6.45, 7) is 12.0. The van der Waals surface area contributed by atoms with E-state index in [1.54, 1.807) is 38.4 Å². The molecule has 8 nitrogen and oxygen atoms in total. The van der Waals surface area contributed by atoms with Crippen LogP contribution in [0.1, 0.15) is 32.9 Å². The Bertz CT molecular complexity index is 1640. The molecule has 2 N–H and O–H groups in total. The molecule has 2 aromatic carbocycles. The van der Waals surface area contributed by atoms with Crippen LogP contribution in [0.4, 0.5) is 24.5 Å². The molecule has 5 rings (SSSR count). The van der Waals surface area contributed by atoms with E-state index in [-0.39, 0.29) is 33.8 Å². The largest absolute Gasteiger partial charge is 0.457 e. The lowest BCUT2D eigenvalue weighted by Crippen LogP contribution is -2.46. The lowest BCUT2D eigenvalue weighted by Gasteiger charge is -2.35. The van der Waals surface area contributed by atoms with Crippen molar-refractivity contribution in [3.8, 4) is 5.75 Å². The number of aliphatic imine (C=N–C) groups is 1. The number of nitrogens with one attached hydrogen (secondary N) is 2. The van der Waals surface area contributed by atoms with Gasteiger partial charge in [-0.3, -0.25) is 4.79 Å². The molecule has 1 unspecified atom stereocenters. The zero-order valence-electron chi connectivity index (χ0n) is 25.8. The highest BCUT2D eigenvalue weighted by atomic mass is 19.1. The molecule has 44 heavy (non-hydrogen) atoms. The number of anilines is 2. The van der Waals surface area contributed by atoms with Crippen LogP contribution in [0.3, 0.4) is 0 Å². The third-order valence-electron chi connectivity index (χ3n) is 8.26. The second-order valence-corrected chi connectivity index (χ2v) is 11.3. The first-order valence-corrected chi connectivity index (χ1v) is 15.0. The predicted molar refractivity (Wildman–Crippen MR) is 169 cm³/mol. The topological polar surface area (TPSA) is 76.2 Å². The Balaban J connectivity index is 1.54. The molecule has 2 aliphatic rings. The zero-order chi connectivity index (χ0) is 31.5. The molecule has 1 amide bonds. The van der Waals surface area contributed by atoms with Gasteiger partial charge in [-0.15, -0.1) is 0 Å². The Morgan fingerprint density at radius 2 is 1.86 bits per heavy atom. The molecule has 0 saturated carbocycles. The fourth-order valence-electron chi connectivity index (χ4n) is 5.52. The number of amides is 1. The van der Waals surface area contributed by atoms with Gasteiger partial charge in [0.15, 0.2) is 17.4 Å². The first-order chi connectivity index (χ1) is 21.1. The third kappa shape index (κ3) is 6.33. The van der Waals surface area contributed by atoms with Crippen LogP contribution in [0.2, 0.25) is 0 Å². The number of carbonyl (C=O) groups is 1. The number of H-pyrrole nitrogens is 1. The number of allylic oxidation sites excluding steroid dienone is 2. The maximum absolute atomic E-state index is 15.7. The maximum Gasteiger partial charge on any atom is 0.260 e. The van der Waals surface area contributed by atoms with Crippen molar-refractivity contribution in [2.75, 3.05) is 56.5 Å². The molecule has 2 aliphatic heterocycles. The number of amidine groups is 1. The van der Waals surface area contributed by atoms with E-state index in [0.717, 1.165) is 38.8 Å². The summed E-state index contributed by atoms with van der Waals surface area (Å²) >= 11 is 0. The van der Waals surface area contributed by atoms with Gasteiger partial charge in [0, 0.05) is 74.7 Å². The van der Waals surface area contributed by atoms with Crippen LogP contribution in [0, 0.1) is 30.3 Å². The molecule has 11 heteroatoms. The average molecular weight is 609 g/mol. The summed E-state index contributed by atoms with van der Waals surface area (Å²) in [5.74, 6) is -2.78. The highest BCUT2D eigenvalue weighted by Crippen LogP contribution is 2.34. The molecule has 0 bridgehead atoms. The van der Waals surface area contributed by atoms with Crippen molar-refractivity contribution < 1.29 is 22.7 Å². The lowest BCUT2D eigenvalue weighted by atomic mass is 9.98. The number of aromatic amines is 1. The number of nitrogens with zero attached hydrogens (tertiary/aromatic N) is 4. The Morgan fingerprint density at radius 3 is 2.55 bits per heavy atom. The third-order valence-corrected chi connectivity index (χ3v) is 8.26. The van der Waals surface area contributed by atoms with E-state index in [9.17, 15) is 4.79 Å². The molecule has 1 saturated heterocycles. The Kier molecular flexibility index (Phi) is 9.33. The number of aromatic nitrogens is 1. The van der Waals surface area contributed by atoms with Gasteiger partial charge < -0.3 is 29.7 Å². The van der Waals surface area contributed by atoms with Crippen LogP contribution in [0.25, 0.3) is 10.9 Å². The highest BCUT2D eigenvalue weighted by molar-refractivity contribution is 6.25. The van der Waals surface area contributed by atoms with E-state index in [1.807, 2.05) is 18.7 Å². The van der Waals surface area contributed by atoms with Gasteiger partial charge >= 0.3 is 0 Å². The fourth-order valence-corrected chi connectivity index (χ4v) is 5.52. The van der Waals surface area contributed by atoms with Gasteiger partial charge in [0.25, 0.3) is 5.91 Å². The van der Waals surface area contributed by atoms with E-state index in [1.165, 1.54) is 17.0 Å². The summed E-state index contributed by atoms with van der Waals surface area (Å²) in [5, 5.41) is 3.16. The van der Waals surface area contributed by atoms with Crippen molar-refractivity contribution in [2.45, 2.75) is 34.1 Å². The van der Waals surface area contributed by atoms with Crippen LogP contribution in [-0.2, 0) is 4.79 Å². The van der Waals surface area contributed by atoms with E-state index in [2.05, 4.69) is 27.1 Å². The molecule has 3 aromatic rings. The standard InChI is InChI=1S/C33H39F3N6O2/c1-6-40(5)33(43)28-31(44-27-19-25(35)30-23(29(27)36)17-21(4)38-30)20(3)9-8-12-37-32(28)39-22-10-11-26(24(34)18-22)42-15-13-41(7-2)14-16-42/h8,10-12,17-20,38H,6-7,9,13-16H2,1-5H3,(H,37,39)/b12-8+,31-28-. The molecule has 0 spiro atoms. The number of aryl methyl sites for hydroxylation is 1. The number of likely N-dealkylation sites (N-methyl/N-ethyl adjacent to an activating group) is 2. The van der Waals surface area contributed by atoms with Gasteiger partial charge in [-0.05, 0) is 51.1 Å². The fraction of sp³-hybridized carbons (Fsp3) is 0.394. The minimum atomic E-state index is -0.748. The summed E-state index contributed by atoms with van der Waals surface area (Å²) in [7, 11) is 1.63. The van der Waals surface area contributed by atoms with Gasteiger partial charge in [0.05, 0.1) is 11.2 Å². The van der Waals surface area contributed by atoms with Crippen LogP contribution >= 0.6 is 0 Å². The van der Waals surface area contributed by atoms with E-state index in [0.29, 0.717) is 30.0 Å². The molecule has 234 valence electrons. The number of hydrogen-bond acceptors (Lipinski definition) is 6. The Hall–Kier alpha value is -4.25. The van der Waals surface area contributed by atoms with Gasteiger partial charge in [-0.25, -0.2) is 18.2 Å². The first kappa shape index (κ1) is 31.2. The van der Waals surface area contributed by atoms with Crippen molar-refractivity contribution >= 4 is 34.0 Å². The van der Waals surface area contributed by atoms with Crippen molar-refractivity contribution in [3.05, 3.63) is 77.1 Å². The highest BCUT2D eigenvalue weighted by Gasteiger charge is 2.31. The van der Waals surface area contributed by atoms with E-state index < -0.39 is 29.3 Å². The summed E-state index contributed by atoms with van der Waals surface area (Å²) in [6, 6.07) is 7.31. The van der Waals surface area contributed by atoms with Gasteiger partial charge in [0.1, 0.15) is 23.0 Å². The number of ether oxygens (including phenoxy) is 1. The summed E-state index contributed by atoms with van der Waals surface area (Å²) in [4.78, 5) is 27.0. The number of piperazine rings is 1. The first-order valence-electron chi connectivity index (χ1n) is 15.0. The molecule has 1 aromatic heterocycles. The van der Waals surface area contributed by atoms with Crippen LogP contribution in [0.5, 0.6) is 5.75 Å². The van der Waals surface area contributed by atoms with Gasteiger partial charge in [-0.2, -0.15) is 0 Å². The van der Waals surface area contributed by atoms with Crippen LogP contribution in [0.15, 0.2) is 58.9 Å². The van der Waals surface area contributed by atoms with Crippen molar-refractivity contribution in [3.63, 3.8) is 0 Å². The lowest BCUT2D eigenvalue weighted by molar-refractivity contribution is -0.125. The summed E-state index contributed by atoms with van der Waals surface area (Å²) in [6.07, 6.45) is 3.81. The SMILES string of the molecule is CCN1CCN(c2ccc(NC3=N/C=C/CC(C)/C(Oc4cc(F)c5[nH]c(C)cc5c4F)=C\3C(=O)N(C)CC)cc2F)CC1. The quantitative estimate of drug-likeness (QED) is 0.334. The number of carbonyl (C=O) groups excluding carboxylic acids is 1. The molecule has 1 atom stereocenters. The number of rotatable bonds is 7. The van der Waals surface area contributed by atoms with Gasteiger partial charge in [0.2, 0.25) is 0 Å². The molecular weight excluding hydrogens is 569 g/mol. The van der Waals surface area contributed by atoms with E-state index >= 15 is 13.2 Å². The Morgan fingerprint density at radius 1 is 1.11 bits per heavy atom. The smallest absolute Gasteiger partial charge is 0.260 e. The summed E-state index contributed by atoms with van der Waals surface area (Å²) < 4.78 is 52.3. The number of hydrogen-bond donors (Lipinski definition) is 2. The normalized spacial score (nSPS) is 21.4. The molecular formula is C33H39F3N6O2. The minimum Gasteiger partial charge on any atom is -0.457 e. The predicted octanol–water partition coefficient (Wildman–Crippen LogP) is 6.21. The van der Waals surface area contributed by atoms with Crippen molar-refractivity contribution in [1.82, 2.24) is 14.8 Å². The van der Waals surface area contributed by atoms with E-state index in [4.69, 9.17) is 4.74 Å². The second kappa shape index (κ2) is 13.2. The van der Waals surface area contributed by atoms with Crippen LogP contribution < -0.4 is 15.0 Å². The van der Waals surface area contributed by atoms with Crippen LogP contribution in [-0.4, -0.2) is 72.8 Å². The van der Waals surface area contributed by atoms with Gasteiger partial charge in [-0.1, -0.05) is 19.9 Å². The zero-order valence-corrected chi connectivity index (χ0v) is 25.8. The van der Waals surface area contributed by atoms with Crippen molar-refractivity contribution in [1.29, 1.82) is 0 Å².